The summed E-state index contributed by atoms with van der Waals surface area (Å²) < 4.78 is 17.6. The van der Waals surface area contributed by atoms with Gasteiger partial charge in [0.25, 0.3) is 5.56 Å². The van der Waals surface area contributed by atoms with E-state index < -0.39 is 0 Å². The number of benzene rings is 2. The van der Waals surface area contributed by atoms with E-state index in [0.717, 1.165) is 51.9 Å². The zero-order valence-electron chi connectivity index (χ0n) is 22.4. The predicted octanol–water partition coefficient (Wildman–Crippen LogP) is 7.33. The zero-order chi connectivity index (χ0) is 27.0. The number of fused-ring (bicyclic) bond motifs is 3. The van der Waals surface area contributed by atoms with Crippen molar-refractivity contribution in [3.8, 4) is 28.6 Å². The summed E-state index contributed by atoms with van der Waals surface area (Å²) in [6.07, 6.45) is 3.03. The fraction of sp³-hybridized carbons (Fsp3) is 0.400. The number of nitrogens with one attached hydrogen (secondary N) is 1. The average Bonchev–Trinajstić information content (AvgIpc) is 3.24. The minimum atomic E-state index is -0.110. The molecule has 0 bridgehead atoms. The smallest absolute Gasteiger partial charge is 0.260 e. The number of rotatable bonds is 8. The van der Waals surface area contributed by atoms with Crippen LogP contribution < -0.4 is 19.8 Å². The van der Waals surface area contributed by atoms with Gasteiger partial charge in [-0.15, -0.1) is 11.3 Å². The van der Waals surface area contributed by atoms with E-state index in [1.54, 1.807) is 30.6 Å². The van der Waals surface area contributed by atoms with E-state index in [9.17, 15) is 4.79 Å². The Labute approximate surface area is 231 Å². The van der Waals surface area contributed by atoms with Crippen LogP contribution in [0.2, 0.25) is 5.02 Å². The molecule has 2 aromatic carbocycles. The molecule has 0 saturated carbocycles. The third-order valence-electron chi connectivity index (χ3n) is 7.05. The second kappa shape index (κ2) is 11.0. The molecule has 0 fully saturated rings. The Morgan fingerprint density at radius 2 is 1.95 bits per heavy atom. The molecule has 8 heteroatoms. The van der Waals surface area contributed by atoms with Gasteiger partial charge in [-0.1, -0.05) is 44.5 Å². The van der Waals surface area contributed by atoms with Crippen LogP contribution in [0.1, 0.15) is 54.7 Å². The summed E-state index contributed by atoms with van der Waals surface area (Å²) in [4.78, 5) is 22.9. The van der Waals surface area contributed by atoms with Crippen molar-refractivity contribution in [3.63, 3.8) is 0 Å². The lowest BCUT2D eigenvalue weighted by atomic mass is 9.89. The molecule has 6 nitrogen and oxygen atoms in total. The molecule has 4 aromatic rings. The van der Waals surface area contributed by atoms with Crippen molar-refractivity contribution < 1.29 is 14.2 Å². The van der Waals surface area contributed by atoms with Crippen LogP contribution in [-0.4, -0.2) is 30.3 Å². The van der Waals surface area contributed by atoms with E-state index in [1.807, 2.05) is 13.0 Å². The van der Waals surface area contributed by atoms with Crippen LogP contribution in [0.25, 0.3) is 21.6 Å². The monoisotopic (exact) mass is 552 g/mol. The van der Waals surface area contributed by atoms with Crippen molar-refractivity contribution in [2.24, 2.45) is 5.92 Å². The standard InChI is InChI=1S/C30H33ClN2O4S/c1-16(2)20-8-6-17(3)12-23(20)36-10-11-37-27-22(31)14-19(15-24(27)35-5)28-32-29(34)26-21-9-7-18(4)13-25(21)38-30(26)33-28/h6,8,12,14-16,18H,7,9-11,13H2,1-5H3,(H,32,33,34)/t18-/m1/s1. The molecule has 5 rings (SSSR count). The molecule has 0 unspecified atom stereocenters. The molecule has 0 amide bonds. The quantitative estimate of drug-likeness (QED) is 0.232. The summed E-state index contributed by atoms with van der Waals surface area (Å²) in [7, 11) is 1.56. The molecule has 2 heterocycles. The van der Waals surface area contributed by atoms with Crippen LogP contribution >= 0.6 is 22.9 Å². The van der Waals surface area contributed by atoms with Gasteiger partial charge in [0, 0.05) is 10.4 Å². The molecule has 200 valence electrons. The first-order valence-corrected chi connectivity index (χ1v) is 14.2. The number of aromatic nitrogens is 2. The molecule has 0 saturated heterocycles. The number of nitrogens with zero attached hydrogens (tertiary/aromatic N) is 1. The highest BCUT2D eigenvalue weighted by atomic mass is 35.5. The first-order valence-electron chi connectivity index (χ1n) is 13.0. The number of hydrogen-bond donors (Lipinski definition) is 1. The highest BCUT2D eigenvalue weighted by Gasteiger charge is 2.24. The highest BCUT2D eigenvalue weighted by Crippen LogP contribution is 2.40. The van der Waals surface area contributed by atoms with E-state index in [4.69, 9.17) is 30.8 Å². The van der Waals surface area contributed by atoms with Crippen molar-refractivity contribution in [2.75, 3.05) is 20.3 Å². The number of ether oxygens (including phenoxy) is 3. The van der Waals surface area contributed by atoms with Gasteiger partial charge in [0.1, 0.15) is 29.6 Å². The van der Waals surface area contributed by atoms with E-state index >= 15 is 0 Å². The van der Waals surface area contributed by atoms with Gasteiger partial charge in [0.15, 0.2) is 11.5 Å². The number of H-pyrrole nitrogens is 1. The minimum absolute atomic E-state index is 0.110. The lowest BCUT2D eigenvalue weighted by Gasteiger charge is -2.17. The molecule has 2 aromatic heterocycles. The Morgan fingerprint density at radius 3 is 2.71 bits per heavy atom. The molecule has 0 radical (unpaired) electrons. The van der Waals surface area contributed by atoms with Gasteiger partial charge in [-0.25, -0.2) is 4.98 Å². The van der Waals surface area contributed by atoms with Gasteiger partial charge >= 0.3 is 0 Å². The summed E-state index contributed by atoms with van der Waals surface area (Å²) in [5.74, 6) is 3.21. The molecule has 1 aliphatic carbocycles. The summed E-state index contributed by atoms with van der Waals surface area (Å²) in [5.41, 5.74) is 4.02. The summed E-state index contributed by atoms with van der Waals surface area (Å²) >= 11 is 8.27. The second-order valence-corrected chi connectivity index (χ2v) is 11.8. The average molecular weight is 553 g/mol. The second-order valence-electron chi connectivity index (χ2n) is 10.3. The summed E-state index contributed by atoms with van der Waals surface area (Å²) in [6.45, 7) is 9.25. The van der Waals surface area contributed by atoms with Gasteiger partial charge in [-0.3, -0.25) is 4.79 Å². The molecular formula is C30H33ClN2O4S. The maximum absolute atomic E-state index is 13.1. The van der Waals surface area contributed by atoms with Gasteiger partial charge in [0.2, 0.25) is 0 Å². The van der Waals surface area contributed by atoms with E-state index in [2.05, 4.69) is 37.9 Å². The molecule has 1 aliphatic rings. The Bertz CT molecular complexity index is 1540. The Morgan fingerprint density at radius 1 is 1.16 bits per heavy atom. The molecule has 0 aliphatic heterocycles. The normalized spacial score (nSPS) is 15.1. The minimum Gasteiger partial charge on any atom is -0.493 e. The van der Waals surface area contributed by atoms with Crippen LogP contribution in [0.3, 0.4) is 0 Å². The van der Waals surface area contributed by atoms with Gasteiger partial charge in [-0.2, -0.15) is 0 Å². The first kappa shape index (κ1) is 26.6. The van der Waals surface area contributed by atoms with Crippen molar-refractivity contribution in [1.82, 2.24) is 9.97 Å². The lowest BCUT2D eigenvalue weighted by Crippen LogP contribution is -2.13. The number of aryl methyl sites for hydroxylation is 2. The first-order chi connectivity index (χ1) is 18.2. The van der Waals surface area contributed by atoms with Crippen LogP contribution in [0.5, 0.6) is 17.2 Å². The van der Waals surface area contributed by atoms with Crippen LogP contribution in [0.4, 0.5) is 0 Å². The fourth-order valence-corrected chi connectivity index (χ4v) is 6.67. The van der Waals surface area contributed by atoms with Gasteiger partial charge in [-0.05, 0) is 72.9 Å². The fourth-order valence-electron chi connectivity index (χ4n) is 5.02. The summed E-state index contributed by atoms with van der Waals surface area (Å²) in [5, 5.41) is 1.10. The van der Waals surface area contributed by atoms with E-state index in [1.165, 1.54) is 4.88 Å². The lowest BCUT2D eigenvalue weighted by molar-refractivity contribution is 0.210. The highest BCUT2D eigenvalue weighted by molar-refractivity contribution is 7.18. The molecule has 0 spiro atoms. The zero-order valence-corrected chi connectivity index (χ0v) is 24.0. The van der Waals surface area contributed by atoms with Gasteiger partial charge in [0.05, 0.1) is 17.5 Å². The van der Waals surface area contributed by atoms with Crippen molar-refractivity contribution in [3.05, 3.63) is 67.3 Å². The van der Waals surface area contributed by atoms with Crippen LogP contribution in [-0.2, 0) is 12.8 Å². The Kier molecular flexibility index (Phi) is 7.68. The van der Waals surface area contributed by atoms with Crippen molar-refractivity contribution in [1.29, 1.82) is 0 Å². The number of methoxy groups -OCH3 is 1. The van der Waals surface area contributed by atoms with E-state index in [0.29, 0.717) is 53.0 Å². The number of thiophene rings is 1. The third kappa shape index (κ3) is 5.27. The van der Waals surface area contributed by atoms with Crippen LogP contribution in [0, 0.1) is 12.8 Å². The molecular weight excluding hydrogens is 520 g/mol. The van der Waals surface area contributed by atoms with E-state index in [-0.39, 0.29) is 5.56 Å². The number of hydrogen-bond acceptors (Lipinski definition) is 6. The summed E-state index contributed by atoms with van der Waals surface area (Å²) in [6, 6.07) is 9.79. The topological polar surface area (TPSA) is 73.4 Å². The number of aromatic amines is 1. The Hall–Kier alpha value is -3.03. The molecule has 38 heavy (non-hydrogen) atoms. The maximum atomic E-state index is 13.1. The number of halogens is 1. The largest absolute Gasteiger partial charge is 0.493 e. The van der Waals surface area contributed by atoms with Crippen molar-refractivity contribution >= 4 is 33.2 Å². The van der Waals surface area contributed by atoms with Gasteiger partial charge < -0.3 is 19.2 Å². The molecule has 1 N–H and O–H groups in total. The third-order valence-corrected chi connectivity index (χ3v) is 8.48. The Balaban J connectivity index is 1.36. The SMILES string of the molecule is COc1cc(-c2nc3sc4c(c3c(=O)[nH]2)CC[C@@H](C)C4)cc(Cl)c1OCCOc1cc(C)ccc1C(C)C. The predicted molar refractivity (Wildman–Crippen MR) is 155 cm³/mol. The maximum Gasteiger partial charge on any atom is 0.260 e. The van der Waals surface area contributed by atoms with Crippen molar-refractivity contribution in [2.45, 2.75) is 52.9 Å². The molecule has 1 atom stereocenters. The van der Waals surface area contributed by atoms with Crippen LogP contribution in [0.15, 0.2) is 35.1 Å².